The molecule has 1 heterocycles. The minimum Gasteiger partial charge on any atom is -0.493 e. The van der Waals surface area contributed by atoms with Gasteiger partial charge in [-0.25, -0.2) is 17.9 Å². The average molecular weight is 370 g/mol. The lowest BCUT2D eigenvalue weighted by Gasteiger charge is -2.13. The van der Waals surface area contributed by atoms with Crippen molar-refractivity contribution in [1.29, 1.82) is 0 Å². The fraction of sp³-hybridized carbons (Fsp3) is 0.333. The molecular weight excluding hydrogens is 352 g/mol. The normalized spacial score (nSPS) is 11.0. The van der Waals surface area contributed by atoms with Gasteiger partial charge in [-0.2, -0.15) is 4.98 Å². The number of hydrogen-bond donors (Lipinski definition) is 1. The van der Waals surface area contributed by atoms with Crippen molar-refractivity contribution in [3.05, 3.63) is 29.7 Å². The number of aromatic nitrogens is 1. The molecule has 136 valence electrons. The van der Waals surface area contributed by atoms with Crippen LogP contribution < -0.4 is 14.2 Å². The minimum absolute atomic E-state index is 0.0407. The first kappa shape index (κ1) is 18.6. The number of esters is 1. The molecule has 2 rings (SSSR count). The Morgan fingerprint density at radius 3 is 2.48 bits per heavy atom. The van der Waals surface area contributed by atoms with Gasteiger partial charge in [0.2, 0.25) is 0 Å². The summed E-state index contributed by atoms with van der Waals surface area (Å²) in [5, 5.41) is 0. The zero-order valence-corrected chi connectivity index (χ0v) is 15.0. The molecule has 25 heavy (non-hydrogen) atoms. The van der Waals surface area contributed by atoms with Gasteiger partial charge in [0, 0.05) is 6.07 Å². The first-order valence-corrected chi connectivity index (χ1v) is 8.68. The number of nitrogens with zero attached hydrogens (tertiary/aromatic N) is 1. The van der Waals surface area contributed by atoms with Crippen LogP contribution in [0.2, 0.25) is 0 Å². The average Bonchev–Trinajstić information content (AvgIpc) is 3.02. The molecule has 0 aliphatic heterocycles. The summed E-state index contributed by atoms with van der Waals surface area (Å²) in [6.45, 7) is 3.41. The van der Waals surface area contributed by atoms with Crippen LogP contribution in [0.1, 0.15) is 23.0 Å². The molecule has 0 bridgehead atoms. The fourth-order valence-corrected chi connectivity index (χ4v) is 3.22. The smallest absolute Gasteiger partial charge is 0.360 e. The van der Waals surface area contributed by atoms with Gasteiger partial charge < -0.3 is 18.6 Å². The number of nitrogens with one attached hydrogen (secondary N) is 1. The van der Waals surface area contributed by atoms with Crippen LogP contribution in [-0.2, 0) is 14.8 Å². The van der Waals surface area contributed by atoms with Crippen LogP contribution in [0.25, 0.3) is 0 Å². The molecule has 1 aromatic heterocycles. The summed E-state index contributed by atoms with van der Waals surface area (Å²) >= 11 is 0. The Labute approximate surface area is 145 Å². The predicted molar refractivity (Wildman–Crippen MR) is 87.6 cm³/mol. The van der Waals surface area contributed by atoms with Crippen molar-refractivity contribution in [2.24, 2.45) is 0 Å². The van der Waals surface area contributed by atoms with Gasteiger partial charge in [0.1, 0.15) is 6.26 Å². The van der Waals surface area contributed by atoms with Gasteiger partial charge in [-0.05, 0) is 25.5 Å². The van der Waals surface area contributed by atoms with Crippen LogP contribution in [0, 0.1) is 6.92 Å². The summed E-state index contributed by atoms with van der Waals surface area (Å²) in [6, 6.07) is 2.51. The van der Waals surface area contributed by atoms with E-state index >= 15 is 0 Å². The maximum atomic E-state index is 12.6. The third-order valence-electron chi connectivity index (χ3n) is 3.18. The van der Waals surface area contributed by atoms with Gasteiger partial charge in [-0.15, -0.1) is 0 Å². The molecule has 0 amide bonds. The van der Waals surface area contributed by atoms with Crippen LogP contribution in [0.4, 0.5) is 6.01 Å². The first-order chi connectivity index (χ1) is 11.8. The first-order valence-electron chi connectivity index (χ1n) is 7.20. The Balaban J connectivity index is 2.32. The number of hydrogen-bond acceptors (Lipinski definition) is 8. The molecule has 0 unspecified atom stereocenters. The quantitative estimate of drug-likeness (QED) is 0.735. The summed E-state index contributed by atoms with van der Waals surface area (Å²) in [5.74, 6) is -0.0493. The second kappa shape index (κ2) is 7.43. The number of methoxy groups -OCH3 is 2. The van der Waals surface area contributed by atoms with E-state index in [1.165, 1.54) is 26.4 Å². The maximum Gasteiger partial charge on any atom is 0.360 e. The molecule has 0 saturated carbocycles. The van der Waals surface area contributed by atoms with Crippen molar-refractivity contribution < 1.29 is 31.8 Å². The molecular formula is C15H18N2O7S. The van der Waals surface area contributed by atoms with Crippen LogP contribution in [0.5, 0.6) is 11.5 Å². The second-order valence-corrected chi connectivity index (χ2v) is 6.49. The van der Waals surface area contributed by atoms with Gasteiger partial charge >= 0.3 is 12.0 Å². The van der Waals surface area contributed by atoms with E-state index in [0.717, 1.165) is 6.26 Å². The third-order valence-corrected chi connectivity index (χ3v) is 4.64. The van der Waals surface area contributed by atoms with E-state index in [0.29, 0.717) is 11.3 Å². The summed E-state index contributed by atoms with van der Waals surface area (Å²) < 4.78 is 47.3. The molecule has 2 aromatic rings. The molecule has 0 atom stereocenters. The molecule has 0 aliphatic carbocycles. The number of oxazole rings is 1. The summed E-state index contributed by atoms with van der Waals surface area (Å²) in [7, 11) is -1.17. The van der Waals surface area contributed by atoms with Crippen molar-refractivity contribution in [2.45, 2.75) is 18.7 Å². The van der Waals surface area contributed by atoms with Crippen LogP contribution >= 0.6 is 0 Å². The molecule has 9 nitrogen and oxygen atoms in total. The number of aryl methyl sites for hydroxylation is 1. The summed E-state index contributed by atoms with van der Waals surface area (Å²) in [6.07, 6.45) is 1.01. The Morgan fingerprint density at radius 1 is 1.24 bits per heavy atom. The van der Waals surface area contributed by atoms with Crippen LogP contribution in [0.15, 0.2) is 27.7 Å². The highest BCUT2D eigenvalue weighted by Crippen LogP contribution is 2.33. The molecule has 0 spiro atoms. The summed E-state index contributed by atoms with van der Waals surface area (Å²) in [4.78, 5) is 15.3. The molecule has 0 aliphatic rings. The minimum atomic E-state index is -4.02. The van der Waals surface area contributed by atoms with Crippen molar-refractivity contribution in [3.8, 4) is 11.5 Å². The third kappa shape index (κ3) is 4.02. The molecule has 0 fully saturated rings. The fourth-order valence-electron chi connectivity index (χ4n) is 2.04. The topological polar surface area (TPSA) is 117 Å². The van der Waals surface area contributed by atoms with Gasteiger partial charge in [0.15, 0.2) is 17.2 Å². The van der Waals surface area contributed by atoms with E-state index in [1.54, 1.807) is 13.8 Å². The highest BCUT2D eigenvalue weighted by Gasteiger charge is 2.23. The number of ether oxygens (including phenoxy) is 3. The number of carbonyl (C=O) groups is 1. The van der Waals surface area contributed by atoms with Gasteiger partial charge in [-0.3, -0.25) is 0 Å². The van der Waals surface area contributed by atoms with E-state index < -0.39 is 16.0 Å². The molecule has 10 heteroatoms. The molecule has 0 saturated heterocycles. The van der Waals surface area contributed by atoms with Crippen molar-refractivity contribution in [2.75, 3.05) is 25.5 Å². The van der Waals surface area contributed by atoms with E-state index in [-0.39, 0.29) is 29.0 Å². The van der Waals surface area contributed by atoms with Crippen LogP contribution in [-0.4, -0.2) is 40.2 Å². The van der Waals surface area contributed by atoms with Gasteiger partial charge in [-0.1, -0.05) is 0 Å². The lowest BCUT2D eigenvalue weighted by molar-refractivity contribution is 0.0519. The molecule has 1 N–H and O–H groups in total. The zero-order chi connectivity index (χ0) is 18.6. The Kier molecular flexibility index (Phi) is 5.52. The van der Waals surface area contributed by atoms with Crippen molar-refractivity contribution in [1.82, 2.24) is 4.98 Å². The SMILES string of the molecule is CCOC(=O)c1coc(NS(=O)(=O)c2cc(OC)c(OC)cc2C)n1. The Hall–Kier alpha value is -2.75. The monoisotopic (exact) mass is 370 g/mol. The highest BCUT2D eigenvalue weighted by molar-refractivity contribution is 7.92. The van der Waals surface area contributed by atoms with Gasteiger partial charge in [0.05, 0.1) is 25.7 Å². The van der Waals surface area contributed by atoms with Crippen LogP contribution in [0.3, 0.4) is 0 Å². The highest BCUT2D eigenvalue weighted by atomic mass is 32.2. The van der Waals surface area contributed by atoms with E-state index in [2.05, 4.69) is 9.71 Å². The lowest BCUT2D eigenvalue weighted by atomic mass is 10.2. The second-order valence-electron chi connectivity index (χ2n) is 4.84. The predicted octanol–water partition coefficient (Wildman–Crippen LogP) is 1.98. The number of rotatable bonds is 7. The Morgan fingerprint density at radius 2 is 1.88 bits per heavy atom. The number of benzene rings is 1. The van der Waals surface area contributed by atoms with E-state index in [9.17, 15) is 13.2 Å². The number of sulfonamides is 1. The molecule has 1 aromatic carbocycles. The summed E-state index contributed by atoms with van der Waals surface area (Å²) in [5.41, 5.74) is 0.297. The molecule has 0 radical (unpaired) electrons. The standard InChI is InChI=1S/C15H18N2O7S/c1-5-23-14(18)10-8-24-15(16-10)17-25(19,20)13-7-12(22-4)11(21-3)6-9(13)2/h6-8H,5H2,1-4H3,(H,16,17). The number of anilines is 1. The zero-order valence-electron chi connectivity index (χ0n) is 14.2. The number of carbonyl (C=O) groups excluding carboxylic acids is 1. The van der Waals surface area contributed by atoms with Gasteiger partial charge in [0.25, 0.3) is 10.0 Å². The maximum absolute atomic E-state index is 12.6. The lowest BCUT2D eigenvalue weighted by Crippen LogP contribution is -2.15. The largest absolute Gasteiger partial charge is 0.493 e. The van der Waals surface area contributed by atoms with E-state index in [1.807, 2.05) is 0 Å². The van der Waals surface area contributed by atoms with E-state index in [4.69, 9.17) is 18.6 Å². The van der Waals surface area contributed by atoms with Crippen molar-refractivity contribution in [3.63, 3.8) is 0 Å². The van der Waals surface area contributed by atoms with Crippen molar-refractivity contribution >= 4 is 22.0 Å². The Bertz CT molecular complexity index is 874.